The molecule has 5 rings (SSSR count). The van der Waals surface area contributed by atoms with E-state index in [1.165, 1.54) is 11.1 Å². The van der Waals surface area contributed by atoms with Crippen LogP contribution in [0.1, 0.15) is 76.4 Å². The molecule has 3 heterocycles. The number of nitrogens with zero attached hydrogens (tertiary/aromatic N) is 5. The SMILES string of the molecule is CCCC(c1nc2cc(CN3CCC(c4cccc(O)c4)(N(C)C)CC3)ccc2c(=O)n1CC)N1C[C@@H](C)N[C@@H](C)C1. The van der Waals surface area contributed by atoms with Crippen molar-refractivity contribution in [2.75, 3.05) is 40.3 Å². The van der Waals surface area contributed by atoms with E-state index in [-0.39, 0.29) is 17.1 Å². The van der Waals surface area contributed by atoms with Crippen LogP contribution in [0, 0.1) is 0 Å². The smallest absolute Gasteiger partial charge is 0.261 e. The molecule has 0 saturated carbocycles. The average Bonchev–Trinajstić information content (AvgIpc) is 2.95. The first-order chi connectivity index (χ1) is 20.1. The van der Waals surface area contributed by atoms with Crippen molar-refractivity contribution in [1.29, 1.82) is 0 Å². The standard InChI is InChI=1S/C34H50N6O2/c1-7-10-31(39-21-24(3)35-25(4)22-39)32-36-30-19-26(13-14-29(30)33(42)40(32)8-2)23-38-17-15-34(16-18-38,37(5)6)27-11-9-12-28(41)20-27/h9,11-14,19-20,24-25,31,35,41H,7-8,10,15-18,21-23H2,1-6H3/t24-,25+,31?. The average molecular weight is 575 g/mol. The number of nitrogens with one attached hydrogen (secondary N) is 1. The van der Waals surface area contributed by atoms with Crippen LogP contribution in [0.15, 0.2) is 47.3 Å². The first-order valence-corrected chi connectivity index (χ1v) is 15.9. The second-order valence-electron chi connectivity index (χ2n) is 12.9. The molecular formula is C34H50N6O2. The van der Waals surface area contributed by atoms with Gasteiger partial charge in [0.1, 0.15) is 11.6 Å². The van der Waals surface area contributed by atoms with E-state index in [4.69, 9.17) is 4.98 Å². The molecule has 42 heavy (non-hydrogen) atoms. The number of benzene rings is 2. The van der Waals surface area contributed by atoms with Crippen LogP contribution >= 0.6 is 0 Å². The minimum Gasteiger partial charge on any atom is -0.508 e. The Bertz CT molecular complexity index is 1420. The van der Waals surface area contributed by atoms with Gasteiger partial charge in [-0.25, -0.2) is 4.98 Å². The summed E-state index contributed by atoms with van der Waals surface area (Å²) in [6, 6.07) is 14.9. The minimum atomic E-state index is -0.0897. The minimum absolute atomic E-state index is 0.0706. The third-order valence-corrected chi connectivity index (χ3v) is 9.58. The van der Waals surface area contributed by atoms with E-state index in [9.17, 15) is 9.90 Å². The Morgan fingerprint density at radius 1 is 1.07 bits per heavy atom. The molecule has 3 aromatic rings. The molecule has 0 spiro atoms. The van der Waals surface area contributed by atoms with Gasteiger partial charge in [0.15, 0.2) is 0 Å². The molecule has 2 aromatic carbocycles. The van der Waals surface area contributed by atoms with Crippen molar-refractivity contribution in [3.8, 4) is 5.75 Å². The molecule has 0 aliphatic carbocycles. The van der Waals surface area contributed by atoms with Crippen LogP contribution in [0.3, 0.4) is 0 Å². The maximum Gasteiger partial charge on any atom is 0.261 e. The predicted octanol–water partition coefficient (Wildman–Crippen LogP) is 4.70. The molecule has 1 aromatic heterocycles. The lowest BCUT2D eigenvalue weighted by Crippen LogP contribution is -2.55. The van der Waals surface area contributed by atoms with Crippen LogP contribution in [-0.4, -0.2) is 81.7 Å². The van der Waals surface area contributed by atoms with Crippen molar-refractivity contribution in [3.05, 3.63) is 69.8 Å². The summed E-state index contributed by atoms with van der Waals surface area (Å²) in [4.78, 5) is 26.4. The Labute approximate surface area is 251 Å². The summed E-state index contributed by atoms with van der Waals surface area (Å²) in [5.74, 6) is 1.23. The summed E-state index contributed by atoms with van der Waals surface area (Å²) in [5, 5.41) is 14.5. The summed E-state index contributed by atoms with van der Waals surface area (Å²) in [6.45, 7) is 14.0. The summed E-state index contributed by atoms with van der Waals surface area (Å²) >= 11 is 0. The molecular weight excluding hydrogens is 524 g/mol. The van der Waals surface area contributed by atoms with E-state index in [2.05, 4.69) is 80.0 Å². The van der Waals surface area contributed by atoms with Crippen LogP contribution in [0.2, 0.25) is 0 Å². The number of phenols is 1. The number of fused-ring (bicyclic) bond motifs is 1. The molecule has 228 valence electrons. The van der Waals surface area contributed by atoms with Crippen LogP contribution in [-0.2, 0) is 18.6 Å². The molecule has 1 unspecified atom stereocenters. The highest BCUT2D eigenvalue weighted by Crippen LogP contribution is 2.39. The number of aromatic nitrogens is 2. The zero-order valence-corrected chi connectivity index (χ0v) is 26.4. The second kappa shape index (κ2) is 12.8. The summed E-state index contributed by atoms with van der Waals surface area (Å²) in [6.07, 6.45) is 4.00. The fourth-order valence-corrected chi connectivity index (χ4v) is 7.44. The molecule has 0 bridgehead atoms. The van der Waals surface area contributed by atoms with Crippen molar-refractivity contribution in [2.45, 2.75) is 90.1 Å². The highest BCUT2D eigenvalue weighted by Gasteiger charge is 2.38. The maximum atomic E-state index is 13.8. The zero-order valence-electron chi connectivity index (χ0n) is 26.4. The number of hydrogen-bond acceptors (Lipinski definition) is 7. The fraction of sp³-hybridized carbons (Fsp3) is 0.588. The van der Waals surface area contributed by atoms with Crippen LogP contribution in [0.5, 0.6) is 5.75 Å². The Balaban J connectivity index is 1.41. The zero-order chi connectivity index (χ0) is 30.0. The van der Waals surface area contributed by atoms with Crippen molar-refractivity contribution in [3.63, 3.8) is 0 Å². The van der Waals surface area contributed by atoms with E-state index < -0.39 is 0 Å². The van der Waals surface area contributed by atoms with Gasteiger partial charge in [0.05, 0.1) is 16.9 Å². The Hall–Kier alpha value is -2.78. The number of rotatable bonds is 9. The quantitative estimate of drug-likeness (QED) is 0.384. The Morgan fingerprint density at radius 2 is 1.79 bits per heavy atom. The van der Waals surface area contributed by atoms with Crippen LogP contribution < -0.4 is 10.9 Å². The number of hydrogen-bond donors (Lipinski definition) is 2. The molecule has 2 aliphatic heterocycles. The monoisotopic (exact) mass is 574 g/mol. The van der Waals surface area contributed by atoms with Gasteiger partial charge in [-0.2, -0.15) is 0 Å². The molecule has 2 N–H and O–H groups in total. The van der Waals surface area contributed by atoms with Gasteiger partial charge in [0.25, 0.3) is 5.56 Å². The number of piperidine rings is 1. The van der Waals surface area contributed by atoms with Gasteiger partial charge < -0.3 is 10.4 Å². The molecule has 0 radical (unpaired) electrons. The van der Waals surface area contributed by atoms with Crippen molar-refractivity contribution in [1.82, 2.24) is 29.6 Å². The lowest BCUT2D eigenvalue weighted by Gasteiger charge is -2.46. The maximum absolute atomic E-state index is 13.8. The third kappa shape index (κ3) is 6.13. The largest absolute Gasteiger partial charge is 0.508 e. The van der Waals surface area contributed by atoms with Crippen LogP contribution in [0.4, 0.5) is 0 Å². The Kier molecular flexibility index (Phi) is 9.38. The van der Waals surface area contributed by atoms with Gasteiger partial charge in [-0.3, -0.25) is 24.1 Å². The highest BCUT2D eigenvalue weighted by atomic mass is 16.3. The molecule has 2 saturated heterocycles. The molecule has 0 amide bonds. The molecule has 8 nitrogen and oxygen atoms in total. The number of phenolic OH excluding ortho intramolecular Hbond substituents is 1. The number of aromatic hydroxyl groups is 1. The molecule has 3 atom stereocenters. The fourth-order valence-electron chi connectivity index (χ4n) is 7.44. The topological polar surface area (TPSA) is 76.9 Å². The van der Waals surface area contributed by atoms with Gasteiger partial charge in [0.2, 0.25) is 0 Å². The number of likely N-dealkylation sites (tertiary alicyclic amines) is 1. The van der Waals surface area contributed by atoms with Crippen molar-refractivity contribution < 1.29 is 5.11 Å². The van der Waals surface area contributed by atoms with Crippen LogP contribution in [0.25, 0.3) is 10.9 Å². The molecule has 2 aliphatic rings. The lowest BCUT2D eigenvalue weighted by molar-refractivity contribution is 0.0506. The first kappa shape index (κ1) is 30.7. The molecule has 2 fully saturated rings. The van der Waals surface area contributed by atoms with E-state index in [0.29, 0.717) is 29.8 Å². The van der Waals surface area contributed by atoms with Gasteiger partial charge >= 0.3 is 0 Å². The third-order valence-electron chi connectivity index (χ3n) is 9.58. The molecule has 8 heteroatoms. The summed E-state index contributed by atoms with van der Waals surface area (Å²) < 4.78 is 1.91. The van der Waals surface area contributed by atoms with Gasteiger partial charge in [-0.15, -0.1) is 0 Å². The van der Waals surface area contributed by atoms with Gasteiger partial charge in [-0.05, 0) is 89.5 Å². The van der Waals surface area contributed by atoms with E-state index in [1.807, 2.05) is 22.8 Å². The van der Waals surface area contributed by atoms with E-state index >= 15 is 0 Å². The second-order valence-corrected chi connectivity index (χ2v) is 12.9. The van der Waals surface area contributed by atoms with Crippen molar-refractivity contribution >= 4 is 10.9 Å². The lowest BCUT2D eigenvalue weighted by atomic mass is 9.79. The van der Waals surface area contributed by atoms with Gasteiger partial charge in [-0.1, -0.05) is 31.5 Å². The first-order valence-electron chi connectivity index (χ1n) is 15.9. The summed E-state index contributed by atoms with van der Waals surface area (Å²) in [7, 11) is 4.28. The Morgan fingerprint density at radius 3 is 2.40 bits per heavy atom. The van der Waals surface area contributed by atoms with Gasteiger partial charge in [0, 0.05) is 56.9 Å². The predicted molar refractivity (Wildman–Crippen MR) is 171 cm³/mol. The number of piperazine rings is 1. The van der Waals surface area contributed by atoms with E-state index in [0.717, 1.165) is 69.7 Å². The van der Waals surface area contributed by atoms with Crippen molar-refractivity contribution in [2.24, 2.45) is 0 Å². The van der Waals surface area contributed by atoms with E-state index in [1.54, 1.807) is 6.07 Å². The normalized spacial score (nSPS) is 22.5. The summed E-state index contributed by atoms with van der Waals surface area (Å²) in [5.41, 5.74) is 3.17. The highest BCUT2D eigenvalue weighted by molar-refractivity contribution is 5.78.